The van der Waals surface area contributed by atoms with Gasteiger partial charge in [-0.15, -0.1) is 0 Å². The monoisotopic (exact) mass is 327 g/mol. The number of halogens is 2. The number of aromatic nitrogens is 2. The van der Waals surface area contributed by atoms with Gasteiger partial charge >= 0.3 is 0 Å². The maximum atomic E-state index is 5.91. The number of anilines is 1. The van der Waals surface area contributed by atoms with Gasteiger partial charge in [-0.1, -0.05) is 18.5 Å². The van der Waals surface area contributed by atoms with E-state index in [1.54, 1.807) is 0 Å². The van der Waals surface area contributed by atoms with E-state index in [2.05, 4.69) is 37.7 Å². The van der Waals surface area contributed by atoms with E-state index >= 15 is 0 Å². The molecule has 1 N–H and O–H groups in total. The average molecular weight is 329 g/mol. The molecule has 1 aromatic carbocycles. The van der Waals surface area contributed by atoms with E-state index in [0.29, 0.717) is 6.54 Å². The highest BCUT2D eigenvalue weighted by atomic mass is 79.9. The van der Waals surface area contributed by atoms with Crippen LogP contribution in [0.2, 0.25) is 5.02 Å². The van der Waals surface area contributed by atoms with Gasteiger partial charge in [0.2, 0.25) is 0 Å². The molecule has 0 amide bonds. The van der Waals surface area contributed by atoms with Crippen LogP contribution in [0.3, 0.4) is 0 Å². The number of nitrogens with one attached hydrogen (secondary N) is 1. The van der Waals surface area contributed by atoms with Gasteiger partial charge in [-0.05, 0) is 40.5 Å². The molecule has 18 heavy (non-hydrogen) atoms. The molecule has 2 rings (SSSR count). The van der Waals surface area contributed by atoms with Crippen molar-refractivity contribution in [2.45, 2.75) is 26.4 Å². The van der Waals surface area contributed by atoms with E-state index in [1.807, 2.05) is 30.6 Å². The standard InChI is InChI=1S/C13H15BrClN3/c1-2-6-18-7-5-16-13(18)9-17-12-4-3-10(15)8-11(12)14/h3-5,7-8,17H,2,6,9H2,1H3. The van der Waals surface area contributed by atoms with E-state index in [-0.39, 0.29) is 0 Å². The van der Waals surface area contributed by atoms with E-state index in [4.69, 9.17) is 11.6 Å². The van der Waals surface area contributed by atoms with Crippen LogP contribution in [-0.4, -0.2) is 9.55 Å². The predicted octanol–water partition coefficient (Wildman–Crippen LogP) is 4.32. The van der Waals surface area contributed by atoms with Gasteiger partial charge < -0.3 is 9.88 Å². The second-order valence-electron chi connectivity index (χ2n) is 4.01. The van der Waals surface area contributed by atoms with Gasteiger partial charge in [-0.2, -0.15) is 0 Å². The Bertz CT molecular complexity index is 525. The molecule has 0 aliphatic carbocycles. The van der Waals surface area contributed by atoms with Crippen molar-refractivity contribution in [1.82, 2.24) is 9.55 Å². The van der Waals surface area contributed by atoms with E-state index in [1.165, 1.54) is 0 Å². The van der Waals surface area contributed by atoms with Gasteiger partial charge in [0.1, 0.15) is 5.82 Å². The smallest absolute Gasteiger partial charge is 0.128 e. The van der Waals surface area contributed by atoms with Crippen LogP contribution in [0.25, 0.3) is 0 Å². The van der Waals surface area contributed by atoms with Crippen LogP contribution in [0.5, 0.6) is 0 Å². The first-order valence-corrected chi connectivity index (χ1v) is 7.06. The number of hydrogen-bond acceptors (Lipinski definition) is 2. The molecular formula is C13H15BrClN3. The van der Waals surface area contributed by atoms with Gasteiger partial charge in [0.15, 0.2) is 0 Å². The Morgan fingerprint density at radius 3 is 3.00 bits per heavy atom. The molecule has 0 saturated carbocycles. The van der Waals surface area contributed by atoms with Gasteiger partial charge in [0.25, 0.3) is 0 Å². The van der Waals surface area contributed by atoms with Crippen molar-refractivity contribution in [3.8, 4) is 0 Å². The molecule has 1 heterocycles. The summed E-state index contributed by atoms with van der Waals surface area (Å²) in [6.45, 7) is 3.86. The summed E-state index contributed by atoms with van der Waals surface area (Å²) in [6, 6.07) is 5.70. The number of rotatable bonds is 5. The third kappa shape index (κ3) is 3.27. The molecule has 0 unspecified atom stereocenters. The third-order valence-electron chi connectivity index (χ3n) is 2.63. The molecule has 5 heteroatoms. The molecule has 1 aromatic heterocycles. The third-order valence-corrected chi connectivity index (χ3v) is 3.53. The zero-order valence-electron chi connectivity index (χ0n) is 10.2. The van der Waals surface area contributed by atoms with Crippen molar-refractivity contribution in [3.05, 3.63) is 45.9 Å². The van der Waals surface area contributed by atoms with Crippen molar-refractivity contribution in [3.63, 3.8) is 0 Å². The summed E-state index contributed by atoms with van der Waals surface area (Å²) in [7, 11) is 0. The Balaban J connectivity index is 2.04. The van der Waals surface area contributed by atoms with E-state index in [0.717, 1.165) is 34.0 Å². The minimum atomic E-state index is 0.702. The second kappa shape index (κ2) is 6.25. The predicted molar refractivity (Wildman–Crippen MR) is 79.0 cm³/mol. The van der Waals surface area contributed by atoms with Gasteiger partial charge in [-0.25, -0.2) is 4.98 Å². The van der Waals surface area contributed by atoms with Crippen molar-refractivity contribution < 1.29 is 0 Å². The molecule has 0 atom stereocenters. The Labute approximate surface area is 120 Å². The molecule has 3 nitrogen and oxygen atoms in total. The second-order valence-corrected chi connectivity index (χ2v) is 5.31. The molecule has 0 aliphatic rings. The summed E-state index contributed by atoms with van der Waals surface area (Å²) in [4.78, 5) is 4.36. The maximum absolute atomic E-state index is 5.91. The van der Waals surface area contributed by atoms with Crippen LogP contribution in [0.15, 0.2) is 35.1 Å². The van der Waals surface area contributed by atoms with Gasteiger partial charge in [-0.3, -0.25) is 0 Å². The molecule has 0 aliphatic heterocycles. The maximum Gasteiger partial charge on any atom is 0.128 e. The molecule has 0 spiro atoms. The van der Waals surface area contributed by atoms with Crippen molar-refractivity contribution in [1.29, 1.82) is 0 Å². The fraction of sp³-hybridized carbons (Fsp3) is 0.308. The largest absolute Gasteiger partial charge is 0.377 e. The minimum absolute atomic E-state index is 0.702. The summed E-state index contributed by atoms with van der Waals surface area (Å²) in [5, 5.41) is 4.07. The van der Waals surface area contributed by atoms with Crippen LogP contribution in [0.4, 0.5) is 5.69 Å². The number of nitrogens with zero attached hydrogens (tertiary/aromatic N) is 2. The lowest BCUT2D eigenvalue weighted by Crippen LogP contribution is -2.08. The van der Waals surface area contributed by atoms with Crippen LogP contribution in [0.1, 0.15) is 19.2 Å². The number of imidazole rings is 1. The molecule has 0 saturated heterocycles. The minimum Gasteiger partial charge on any atom is -0.377 e. The zero-order valence-corrected chi connectivity index (χ0v) is 12.5. The van der Waals surface area contributed by atoms with Crippen molar-refractivity contribution in [2.75, 3.05) is 5.32 Å². The molecule has 2 aromatic rings. The SMILES string of the molecule is CCCn1ccnc1CNc1ccc(Cl)cc1Br. The summed E-state index contributed by atoms with van der Waals surface area (Å²) >= 11 is 9.40. The van der Waals surface area contributed by atoms with Crippen LogP contribution >= 0.6 is 27.5 Å². The summed E-state index contributed by atoms with van der Waals surface area (Å²) in [6.07, 6.45) is 4.95. The van der Waals surface area contributed by atoms with Crippen molar-refractivity contribution >= 4 is 33.2 Å². The lowest BCUT2D eigenvalue weighted by molar-refractivity contribution is 0.644. The summed E-state index contributed by atoms with van der Waals surface area (Å²) in [5.41, 5.74) is 1.02. The Morgan fingerprint density at radius 2 is 2.28 bits per heavy atom. The van der Waals surface area contributed by atoms with E-state index < -0.39 is 0 Å². The first-order valence-electron chi connectivity index (χ1n) is 5.89. The normalized spacial score (nSPS) is 10.6. The van der Waals surface area contributed by atoms with Crippen LogP contribution in [0, 0.1) is 0 Å². The Morgan fingerprint density at radius 1 is 1.44 bits per heavy atom. The number of aryl methyl sites for hydroxylation is 1. The topological polar surface area (TPSA) is 29.9 Å². The lowest BCUT2D eigenvalue weighted by atomic mass is 10.3. The molecule has 0 radical (unpaired) electrons. The van der Waals surface area contributed by atoms with Crippen LogP contribution < -0.4 is 5.32 Å². The molecule has 0 bridgehead atoms. The highest BCUT2D eigenvalue weighted by Crippen LogP contribution is 2.26. The first kappa shape index (κ1) is 13.4. The highest BCUT2D eigenvalue weighted by molar-refractivity contribution is 9.10. The first-order chi connectivity index (χ1) is 8.70. The average Bonchev–Trinajstić information content (AvgIpc) is 2.76. The Kier molecular flexibility index (Phi) is 4.66. The zero-order chi connectivity index (χ0) is 13.0. The molecular weight excluding hydrogens is 314 g/mol. The van der Waals surface area contributed by atoms with Gasteiger partial charge in [0, 0.05) is 34.1 Å². The molecule has 96 valence electrons. The fourth-order valence-electron chi connectivity index (χ4n) is 1.76. The van der Waals surface area contributed by atoms with Gasteiger partial charge in [0.05, 0.1) is 6.54 Å². The summed E-state index contributed by atoms with van der Waals surface area (Å²) in [5.74, 6) is 1.04. The van der Waals surface area contributed by atoms with Crippen molar-refractivity contribution in [2.24, 2.45) is 0 Å². The summed E-state index contributed by atoms with van der Waals surface area (Å²) < 4.78 is 3.13. The number of benzene rings is 1. The molecule has 0 fully saturated rings. The Hall–Kier alpha value is -1.000. The van der Waals surface area contributed by atoms with Crippen LogP contribution in [-0.2, 0) is 13.1 Å². The fourth-order valence-corrected chi connectivity index (χ4v) is 2.58. The number of hydrogen-bond donors (Lipinski definition) is 1. The van der Waals surface area contributed by atoms with E-state index in [9.17, 15) is 0 Å². The quantitative estimate of drug-likeness (QED) is 0.886. The lowest BCUT2D eigenvalue weighted by Gasteiger charge is -2.10. The highest BCUT2D eigenvalue weighted by Gasteiger charge is 2.04.